The van der Waals surface area contributed by atoms with Crippen molar-refractivity contribution >= 4 is 11.7 Å². The summed E-state index contributed by atoms with van der Waals surface area (Å²) in [6.07, 6.45) is 5.68. The second-order valence-corrected chi connectivity index (χ2v) is 2.79. The smallest absolute Gasteiger partial charge is 0.239 e. The zero-order valence-corrected chi connectivity index (χ0v) is 8.16. The van der Waals surface area contributed by atoms with E-state index >= 15 is 0 Å². The topological polar surface area (TPSA) is 66.9 Å². The number of carbonyl (C=O) groups is 1. The molecule has 0 radical (unpaired) electrons. The molecule has 1 heterocycles. The average Bonchev–Trinajstić information content (AvgIpc) is 2.25. The Morgan fingerprint density at radius 1 is 1.50 bits per heavy atom. The highest BCUT2D eigenvalue weighted by Gasteiger charge is 1.99. The molecule has 1 rings (SSSR count). The third-order valence-corrected chi connectivity index (χ3v) is 1.57. The molecule has 1 aromatic rings. The van der Waals surface area contributed by atoms with Crippen LogP contribution in [0, 0.1) is 0 Å². The van der Waals surface area contributed by atoms with Gasteiger partial charge in [0.15, 0.2) is 0 Å². The third-order valence-electron chi connectivity index (χ3n) is 1.57. The Morgan fingerprint density at radius 3 is 3.00 bits per heavy atom. The molecule has 0 bridgehead atoms. The number of amides is 1. The Kier molecular flexibility index (Phi) is 4.40. The molecule has 0 fully saturated rings. The van der Waals surface area contributed by atoms with Crippen molar-refractivity contribution in [3.63, 3.8) is 0 Å². The first kappa shape index (κ1) is 10.4. The molecular weight excluding hydrogens is 180 g/mol. The molecule has 0 unspecified atom stereocenters. The normalized spacial score (nSPS) is 9.50. The summed E-state index contributed by atoms with van der Waals surface area (Å²) in [5, 5.41) is 5.62. The van der Waals surface area contributed by atoms with Gasteiger partial charge < -0.3 is 10.6 Å². The number of hydrogen-bond acceptors (Lipinski definition) is 4. The molecule has 76 valence electrons. The number of nitrogens with zero attached hydrogens (tertiary/aromatic N) is 2. The molecule has 5 nitrogen and oxygen atoms in total. The van der Waals surface area contributed by atoms with Crippen molar-refractivity contribution in [2.75, 3.05) is 18.4 Å². The molecule has 0 atom stereocenters. The summed E-state index contributed by atoms with van der Waals surface area (Å²) in [6.45, 7) is 2.95. The van der Waals surface area contributed by atoms with Crippen LogP contribution >= 0.6 is 0 Å². The standard InChI is InChI=1S/C9H14N4O/c1-2-3-12-9(14)7-13-8-6-10-4-5-11-8/h4-6H,2-3,7H2,1H3,(H,11,13)(H,12,14). The Hall–Kier alpha value is -1.65. The fraction of sp³-hybridized carbons (Fsp3) is 0.444. The van der Waals surface area contributed by atoms with E-state index in [4.69, 9.17) is 0 Å². The molecular formula is C9H14N4O. The third kappa shape index (κ3) is 3.84. The Bertz CT molecular complexity index is 275. The molecule has 0 saturated heterocycles. The molecule has 14 heavy (non-hydrogen) atoms. The lowest BCUT2D eigenvalue weighted by molar-refractivity contribution is -0.119. The highest BCUT2D eigenvalue weighted by Crippen LogP contribution is 1.94. The van der Waals surface area contributed by atoms with Gasteiger partial charge in [-0.15, -0.1) is 0 Å². The van der Waals surface area contributed by atoms with E-state index in [0.717, 1.165) is 6.42 Å². The van der Waals surface area contributed by atoms with E-state index in [-0.39, 0.29) is 12.5 Å². The van der Waals surface area contributed by atoms with E-state index in [0.29, 0.717) is 12.4 Å². The minimum atomic E-state index is -0.0301. The van der Waals surface area contributed by atoms with Crippen LogP contribution in [-0.2, 0) is 4.79 Å². The molecule has 5 heteroatoms. The lowest BCUT2D eigenvalue weighted by Gasteiger charge is -2.04. The van der Waals surface area contributed by atoms with Crippen molar-refractivity contribution in [2.45, 2.75) is 13.3 Å². The van der Waals surface area contributed by atoms with Gasteiger partial charge in [0.05, 0.1) is 12.7 Å². The maximum atomic E-state index is 11.2. The van der Waals surface area contributed by atoms with Crippen LogP contribution in [0.25, 0.3) is 0 Å². The van der Waals surface area contributed by atoms with Crippen LogP contribution in [0.3, 0.4) is 0 Å². The lowest BCUT2D eigenvalue weighted by atomic mass is 10.4. The largest absolute Gasteiger partial charge is 0.360 e. The van der Waals surface area contributed by atoms with Gasteiger partial charge in [0, 0.05) is 18.9 Å². The molecule has 1 aromatic heterocycles. The van der Waals surface area contributed by atoms with Crippen molar-refractivity contribution in [2.24, 2.45) is 0 Å². The fourth-order valence-corrected chi connectivity index (χ4v) is 0.888. The first-order valence-corrected chi connectivity index (χ1v) is 4.59. The molecule has 1 amide bonds. The van der Waals surface area contributed by atoms with Crippen LogP contribution in [0.2, 0.25) is 0 Å². The van der Waals surface area contributed by atoms with Gasteiger partial charge >= 0.3 is 0 Å². The zero-order valence-electron chi connectivity index (χ0n) is 8.16. The highest BCUT2D eigenvalue weighted by molar-refractivity contribution is 5.80. The van der Waals surface area contributed by atoms with Gasteiger partial charge in [0.25, 0.3) is 0 Å². The van der Waals surface area contributed by atoms with Gasteiger partial charge in [-0.1, -0.05) is 6.92 Å². The van der Waals surface area contributed by atoms with E-state index in [2.05, 4.69) is 20.6 Å². The molecule has 0 spiro atoms. The van der Waals surface area contributed by atoms with Gasteiger partial charge in [0.2, 0.25) is 5.91 Å². The summed E-state index contributed by atoms with van der Waals surface area (Å²) < 4.78 is 0. The highest BCUT2D eigenvalue weighted by atomic mass is 16.1. The number of aromatic nitrogens is 2. The molecule has 0 aliphatic rings. The average molecular weight is 194 g/mol. The van der Waals surface area contributed by atoms with Crippen LogP contribution in [0.1, 0.15) is 13.3 Å². The van der Waals surface area contributed by atoms with E-state index in [9.17, 15) is 4.79 Å². The Morgan fingerprint density at radius 2 is 2.36 bits per heavy atom. The van der Waals surface area contributed by atoms with Gasteiger partial charge in [-0.05, 0) is 6.42 Å². The summed E-state index contributed by atoms with van der Waals surface area (Å²) in [5.41, 5.74) is 0. The van der Waals surface area contributed by atoms with Crippen LogP contribution in [-0.4, -0.2) is 29.0 Å². The van der Waals surface area contributed by atoms with Crippen LogP contribution in [0.15, 0.2) is 18.6 Å². The maximum absolute atomic E-state index is 11.2. The minimum absolute atomic E-state index is 0.0301. The molecule has 0 saturated carbocycles. The minimum Gasteiger partial charge on any atom is -0.360 e. The lowest BCUT2D eigenvalue weighted by Crippen LogP contribution is -2.30. The van der Waals surface area contributed by atoms with Crippen LogP contribution < -0.4 is 10.6 Å². The molecule has 2 N–H and O–H groups in total. The second-order valence-electron chi connectivity index (χ2n) is 2.79. The molecule has 0 aliphatic heterocycles. The van der Waals surface area contributed by atoms with Crippen molar-refractivity contribution in [1.29, 1.82) is 0 Å². The molecule has 0 aliphatic carbocycles. The zero-order chi connectivity index (χ0) is 10.2. The van der Waals surface area contributed by atoms with Crippen molar-refractivity contribution in [1.82, 2.24) is 15.3 Å². The summed E-state index contributed by atoms with van der Waals surface area (Å²) in [7, 11) is 0. The number of hydrogen-bond donors (Lipinski definition) is 2. The summed E-state index contributed by atoms with van der Waals surface area (Å²) in [5.74, 6) is 0.580. The second kappa shape index (κ2) is 5.90. The van der Waals surface area contributed by atoms with E-state index < -0.39 is 0 Å². The SMILES string of the molecule is CCCNC(=O)CNc1cnccn1. The first-order chi connectivity index (χ1) is 6.83. The quantitative estimate of drug-likeness (QED) is 0.712. The summed E-state index contributed by atoms with van der Waals surface area (Å²) in [6, 6.07) is 0. The van der Waals surface area contributed by atoms with Crippen molar-refractivity contribution in [3.8, 4) is 0 Å². The predicted molar refractivity (Wildman–Crippen MR) is 53.8 cm³/mol. The number of carbonyl (C=O) groups excluding carboxylic acids is 1. The Balaban J connectivity index is 2.24. The van der Waals surface area contributed by atoms with E-state index in [1.807, 2.05) is 6.92 Å². The van der Waals surface area contributed by atoms with Crippen molar-refractivity contribution < 1.29 is 4.79 Å². The van der Waals surface area contributed by atoms with Gasteiger partial charge in [-0.25, -0.2) is 4.98 Å². The molecule has 0 aromatic carbocycles. The summed E-state index contributed by atoms with van der Waals surface area (Å²) >= 11 is 0. The number of rotatable bonds is 5. The Labute approximate surface area is 83.0 Å². The van der Waals surface area contributed by atoms with Gasteiger partial charge in [-0.2, -0.15) is 0 Å². The summed E-state index contributed by atoms with van der Waals surface area (Å²) in [4.78, 5) is 19.0. The fourth-order valence-electron chi connectivity index (χ4n) is 0.888. The van der Waals surface area contributed by atoms with E-state index in [1.165, 1.54) is 0 Å². The van der Waals surface area contributed by atoms with Crippen LogP contribution in [0.4, 0.5) is 5.82 Å². The maximum Gasteiger partial charge on any atom is 0.239 e. The van der Waals surface area contributed by atoms with Crippen LogP contribution in [0.5, 0.6) is 0 Å². The first-order valence-electron chi connectivity index (χ1n) is 4.59. The number of nitrogens with one attached hydrogen (secondary N) is 2. The monoisotopic (exact) mass is 194 g/mol. The van der Waals surface area contributed by atoms with Gasteiger partial charge in [0.1, 0.15) is 5.82 Å². The van der Waals surface area contributed by atoms with Crippen molar-refractivity contribution in [3.05, 3.63) is 18.6 Å². The number of anilines is 1. The predicted octanol–water partition coefficient (Wildman–Crippen LogP) is 0.415. The van der Waals surface area contributed by atoms with E-state index in [1.54, 1.807) is 18.6 Å². The van der Waals surface area contributed by atoms with Gasteiger partial charge in [-0.3, -0.25) is 9.78 Å².